The smallest absolute Gasteiger partial charge is 0.277 e. The molecule has 0 bridgehead atoms. The molecule has 0 aromatic heterocycles. The van der Waals surface area contributed by atoms with E-state index in [1.165, 1.54) is 12.1 Å². The molecule has 2 aromatic carbocycles. The predicted octanol–water partition coefficient (Wildman–Crippen LogP) is 4.27. The Balaban J connectivity index is 1.76. The fourth-order valence-electron chi connectivity index (χ4n) is 2.52. The van der Waals surface area contributed by atoms with Gasteiger partial charge in [-0.15, -0.1) is 0 Å². The predicted molar refractivity (Wildman–Crippen MR) is 107 cm³/mol. The lowest BCUT2D eigenvalue weighted by Gasteiger charge is -2.34. The Morgan fingerprint density at radius 2 is 1.83 bits per heavy atom. The van der Waals surface area contributed by atoms with Gasteiger partial charge >= 0.3 is 0 Å². The first kappa shape index (κ1) is 21.8. The molecule has 1 aliphatic rings. The van der Waals surface area contributed by atoms with Gasteiger partial charge in [-0.25, -0.2) is 18.7 Å². The van der Waals surface area contributed by atoms with Crippen LogP contribution in [-0.2, 0) is 14.3 Å². The van der Waals surface area contributed by atoms with Crippen LogP contribution in [0.5, 0.6) is 0 Å². The summed E-state index contributed by atoms with van der Waals surface area (Å²) in [5.74, 6) is -4.78. The Bertz CT molecular complexity index is 917. The normalized spacial score (nSPS) is 16.5. The van der Waals surface area contributed by atoms with Gasteiger partial charge < -0.3 is 14.8 Å². The molecular formula is C19H18F3IN2O4. The molecule has 3 rings (SSSR count). The van der Waals surface area contributed by atoms with Crippen molar-refractivity contribution in [2.24, 2.45) is 0 Å². The van der Waals surface area contributed by atoms with E-state index in [1.54, 1.807) is 19.9 Å². The lowest BCUT2D eigenvalue weighted by atomic mass is 10.1. The lowest BCUT2D eigenvalue weighted by molar-refractivity contribution is -0.284. The highest BCUT2D eigenvalue weighted by Crippen LogP contribution is 2.28. The van der Waals surface area contributed by atoms with Crippen LogP contribution in [0.4, 0.5) is 24.5 Å². The number of carbonyl (C=O) groups is 1. The van der Waals surface area contributed by atoms with E-state index in [0.717, 1.165) is 12.1 Å². The van der Waals surface area contributed by atoms with E-state index >= 15 is 0 Å². The molecule has 0 aliphatic carbocycles. The highest BCUT2D eigenvalue weighted by atomic mass is 127. The molecule has 1 amide bonds. The number of halogens is 4. The van der Waals surface area contributed by atoms with Crippen LogP contribution in [0.15, 0.2) is 30.3 Å². The van der Waals surface area contributed by atoms with E-state index in [-0.39, 0.29) is 24.5 Å². The molecule has 1 fully saturated rings. The summed E-state index contributed by atoms with van der Waals surface area (Å²) in [6, 6.07) is 6.03. The van der Waals surface area contributed by atoms with Crippen LogP contribution in [-0.4, -0.2) is 31.0 Å². The van der Waals surface area contributed by atoms with Gasteiger partial charge in [0, 0.05) is 3.57 Å². The molecule has 0 spiro atoms. The fraction of sp³-hybridized carbons (Fsp3) is 0.316. The van der Waals surface area contributed by atoms with E-state index in [1.807, 2.05) is 22.6 Å². The molecule has 0 saturated carbocycles. The third-order valence-corrected chi connectivity index (χ3v) is 4.75. The van der Waals surface area contributed by atoms with Crippen LogP contribution in [0.1, 0.15) is 24.2 Å². The van der Waals surface area contributed by atoms with Gasteiger partial charge in [0.05, 0.1) is 30.2 Å². The minimum absolute atomic E-state index is 0.110. The maximum Gasteiger partial charge on any atom is 0.277 e. The standard InChI is InChI=1S/C19H18F3IN2O4/c1-19(2)27-8-11(9-28-19)29-25-18(26)12-4-5-13(20)16(22)17(12)24-15-6-3-10(23)7-14(15)21/h3-7,11,24H,8-9H2,1-2H3,(H,25,26). The van der Waals surface area contributed by atoms with E-state index in [4.69, 9.17) is 14.3 Å². The SMILES string of the molecule is CC1(C)OCC(ONC(=O)c2ccc(F)c(F)c2Nc2ccc(I)cc2F)CO1. The minimum Gasteiger partial charge on any atom is -0.350 e. The molecule has 0 unspecified atom stereocenters. The second kappa shape index (κ2) is 8.86. The summed E-state index contributed by atoms with van der Waals surface area (Å²) in [5, 5.41) is 2.45. The third kappa shape index (κ3) is 5.38. The molecule has 1 aliphatic heterocycles. The molecule has 2 aromatic rings. The second-order valence-corrected chi connectivity index (χ2v) is 7.97. The number of ether oxygens (including phenoxy) is 2. The highest BCUT2D eigenvalue weighted by molar-refractivity contribution is 14.1. The van der Waals surface area contributed by atoms with E-state index in [0.29, 0.717) is 3.57 Å². The number of amides is 1. The van der Waals surface area contributed by atoms with Crippen molar-refractivity contribution in [1.29, 1.82) is 0 Å². The Kier molecular flexibility index (Phi) is 6.66. The number of hydrogen-bond acceptors (Lipinski definition) is 5. The number of hydrogen-bond donors (Lipinski definition) is 2. The molecule has 6 nitrogen and oxygen atoms in total. The largest absolute Gasteiger partial charge is 0.350 e. The summed E-state index contributed by atoms with van der Waals surface area (Å²) in [7, 11) is 0. The van der Waals surface area contributed by atoms with Crippen molar-refractivity contribution in [1.82, 2.24) is 5.48 Å². The molecule has 29 heavy (non-hydrogen) atoms. The van der Waals surface area contributed by atoms with Gasteiger partial charge in [-0.3, -0.25) is 9.63 Å². The molecule has 1 heterocycles. The number of hydroxylamine groups is 1. The fourth-order valence-corrected chi connectivity index (χ4v) is 2.98. The number of carbonyl (C=O) groups excluding carboxylic acids is 1. The van der Waals surface area contributed by atoms with Crippen LogP contribution in [0.2, 0.25) is 0 Å². The molecule has 1 saturated heterocycles. The average Bonchev–Trinajstić information content (AvgIpc) is 2.66. The van der Waals surface area contributed by atoms with Gasteiger partial charge in [0.25, 0.3) is 5.91 Å². The summed E-state index contributed by atoms with van der Waals surface area (Å²) in [5.41, 5.74) is 1.28. The summed E-state index contributed by atoms with van der Waals surface area (Å²) in [4.78, 5) is 17.7. The number of nitrogens with one attached hydrogen (secondary N) is 2. The topological polar surface area (TPSA) is 68.8 Å². The van der Waals surface area contributed by atoms with Crippen LogP contribution in [0.3, 0.4) is 0 Å². The third-order valence-electron chi connectivity index (χ3n) is 4.08. The first-order valence-electron chi connectivity index (χ1n) is 8.60. The quantitative estimate of drug-likeness (QED) is 0.454. The monoisotopic (exact) mass is 522 g/mol. The van der Waals surface area contributed by atoms with Crippen molar-refractivity contribution in [3.63, 3.8) is 0 Å². The van der Waals surface area contributed by atoms with Gasteiger partial charge in [-0.1, -0.05) is 0 Å². The van der Waals surface area contributed by atoms with Crippen molar-refractivity contribution in [2.45, 2.75) is 25.7 Å². The summed E-state index contributed by atoms with van der Waals surface area (Å²) in [6.45, 7) is 3.82. The molecule has 156 valence electrons. The van der Waals surface area contributed by atoms with Gasteiger partial charge in [0.1, 0.15) is 11.9 Å². The molecule has 10 heteroatoms. The Morgan fingerprint density at radius 1 is 1.14 bits per heavy atom. The zero-order chi connectivity index (χ0) is 21.2. The summed E-state index contributed by atoms with van der Waals surface area (Å²) < 4.78 is 53.7. The first-order valence-corrected chi connectivity index (χ1v) is 9.68. The number of anilines is 2. The van der Waals surface area contributed by atoms with Crippen LogP contribution in [0, 0.1) is 21.0 Å². The average molecular weight is 522 g/mol. The molecule has 0 radical (unpaired) electrons. The summed E-state index contributed by atoms with van der Waals surface area (Å²) in [6.07, 6.45) is -0.581. The Labute approximate surface area is 178 Å². The van der Waals surface area contributed by atoms with Crippen molar-refractivity contribution in [2.75, 3.05) is 18.5 Å². The zero-order valence-corrected chi connectivity index (χ0v) is 17.7. The van der Waals surface area contributed by atoms with Crippen molar-refractivity contribution in [3.05, 3.63) is 56.9 Å². The van der Waals surface area contributed by atoms with Crippen LogP contribution in [0.25, 0.3) is 0 Å². The van der Waals surface area contributed by atoms with Crippen molar-refractivity contribution in [3.8, 4) is 0 Å². The minimum atomic E-state index is -1.32. The summed E-state index contributed by atoms with van der Waals surface area (Å²) >= 11 is 1.91. The second-order valence-electron chi connectivity index (χ2n) is 6.73. The van der Waals surface area contributed by atoms with Crippen LogP contribution >= 0.6 is 22.6 Å². The van der Waals surface area contributed by atoms with E-state index in [9.17, 15) is 18.0 Å². The molecule has 2 N–H and O–H groups in total. The maximum absolute atomic E-state index is 14.4. The van der Waals surface area contributed by atoms with Crippen molar-refractivity contribution < 1.29 is 32.3 Å². The molecular weight excluding hydrogens is 504 g/mol. The van der Waals surface area contributed by atoms with Gasteiger partial charge in [-0.2, -0.15) is 0 Å². The maximum atomic E-state index is 14.4. The van der Waals surface area contributed by atoms with Crippen molar-refractivity contribution >= 4 is 39.9 Å². The zero-order valence-electron chi connectivity index (χ0n) is 15.5. The van der Waals surface area contributed by atoms with Crippen LogP contribution < -0.4 is 10.8 Å². The van der Waals surface area contributed by atoms with E-state index in [2.05, 4.69) is 10.8 Å². The Morgan fingerprint density at radius 3 is 2.48 bits per heavy atom. The van der Waals surface area contributed by atoms with Gasteiger partial charge in [-0.05, 0) is 66.8 Å². The first-order chi connectivity index (χ1) is 13.7. The lowest BCUT2D eigenvalue weighted by Crippen LogP contribution is -2.45. The van der Waals surface area contributed by atoms with Gasteiger partial charge in [0.15, 0.2) is 17.4 Å². The highest BCUT2D eigenvalue weighted by Gasteiger charge is 2.30. The van der Waals surface area contributed by atoms with E-state index < -0.39 is 40.9 Å². The molecule has 0 atom stereocenters. The Hall–Kier alpha value is -1.89. The van der Waals surface area contributed by atoms with Gasteiger partial charge in [0.2, 0.25) is 0 Å². The number of benzene rings is 2. The number of rotatable bonds is 5.